The van der Waals surface area contributed by atoms with Crippen LogP contribution in [-0.4, -0.2) is 30.2 Å². The minimum Gasteiger partial charge on any atom is -0.267 e. The Balaban J connectivity index is 2.00. The third-order valence-electron chi connectivity index (χ3n) is 3.40. The Labute approximate surface area is 141 Å². The smallest absolute Gasteiger partial charge is 0.267 e. The van der Waals surface area contributed by atoms with E-state index in [2.05, 4.69) is 10.4 Å². The van der Waals surface area contributed by atoms with Gasteiger partial charge in [-0.1, -0.05) is 6.07 Å². The van der Waals surface area contributed by atoms with Crippen molar-refractivity contribution in [1.82, 2.24) is 9.66 Å². The van der Waals surface area contributed by atoms with E-state index < -0.39 is 15.7 Å². The normalized spacial score (nSPS) is 11.6. The van der Waals surface area contributed by atoms with Crippen LogP contribution >= 0.6 is 11.3 Å². The zero-order valence-electron chi connectivity index (χ0n) is 12.8. The molecule has 1 aromatic carbocycles. The number of hydrogen-bond donors (Lipinski definition) is 1. The monoisotopic (exact) mass is 363 g/mol. The van der Waals surface area contributed by atoms with Crippen LogP contribution in [0.15, 0.2) is 45.4 Å². The van der Waals surface area contributed by atoms with E-state index in [4.69, 9.17) is 0 Å². The van der Waals surface area contributed by atoms with Crippen LogP contribution in [0.1, 0.15) is 16.2 Å². The fraction of sp³-hybridized carbons (Fsp3) is 0.133. The Morgan fingerprint density at radius 2 is 2.04 bits per heavy atom. The summed E-state index contributed by atoms with van der Waals surface area (Å²) in [5, 5.41) is 2.16. The molecule has 0 saturated heterocycles. The molecule has 0 radical (unpaired) electrons. The number of carbonyl (C=O) groups is 1. The lowest BCUT2D eigenvalue weighted by Gasteiger charge is -2.11. The van der Waals surface area contributed by atoms with Gasteiger partial charge in [-0.05, 0) is 36.6 Å². The van der Waals surface area contributed by atoms with E-state index in [9.17, 15) is 18.0 Å². The molecule has 0 fully saturated rings. The van der Waals surface area contributed by atoms with Gasteiger partial charge in [0.2, 0.25) is 0 Å². The van der Waals surface area contributed by atoms with E-state index in [0.29, 0.717) is 16.0 Å². The number of nitrogens with one attached hydrogen (secondary N) is 1. The molecule has 0 unspecified atom stereocenters. The van der Waals surface area contributed by atoms with E-state index in [-0.39, 0.29) is 16.0 Å². The van der Waals surface area contributed by atoms with Gasteiger partial charge in [-0.3, -0.25) is 15.0 Å². The van der Waals surface area contributed by atoms with Crippen molar-refractivity contribution in [3.63, 3.8) is 0 Å². The molecule has 3 rings (SSSR count). The summed E-state index contributed by atoms with van der Waals surface area (Å²) >= 11 is 1.34. The molecule has 0 saturated carbocycles. The first-order valence-corrected chi connectivity index (χ1v) is 9.63. The molecule has 3 aromatic rings. The van der Waals surface area contributed by atoms with Gasteiger partial charge in [-0.15, -0.1) is 11.3 Å². The van der Waals surface area contributed by atoms with Gasteiger partial charge in [-0.25, -0.2) is 18.1 Å². The molecule has 0 aliphatic rings. The largest absolute Gasteiger partial charge is 0.281 e. The zero-order chi connectivity index (χ0) is 17.5. The number of carbonyl (C=O) groups excluding carboxylic acids is 1. The standard InChI is InChI=1S/C15H13N3O4S2/c1-9-16-14-12(6-7-23-14)15(20)18(9)17-13(19)10-4-3-5-11(8-10)24(2,21)22/h3-8H,1-2H3,(H,17,19). The van der Waals surface area contributed by atoms with Gasteiger partial charge in [0, 0.05) is 11.8 Å². The van der Waals surface area contributed by atoms with Crippen molar-refractivity contribution >= 4 is 37.3 Å². The van der Waals surface area contributed by atoms with Gasteiger partial charge in [0.05, 0.1) is 10.3 Å². The molecule has 1 amide bonds. The average molecular weight is 363 g/mol. The maximum atomic E-state index is 12.4. The fourth-order valence-corrected chi connectivity index (χ4v) is 3.65. The van der Waals surface area contributed by atoms with Crippen molar-refractivity contribution in [1.29, 1.82) is 0 Å². The molecule has 0 bridgehead atoms. The van der Waals surface area contributed by atoms with E-state index in [1.807, 2.05) is 0 Å². The van der Waals surface area contributed by atoms with Crippen molar-refractivity contribution in [3.05, 3.63) is 57.5 Å². The summed E-state index contributed by atoms with van der Waals surface area (Å²) < 4.78 is 24.3. The molecule has 2 aromatic heterocycles. The van der Waals surface area contributed by atoms with Crippen LogP contribution in [0, 0.1) is 6.92 Å². The number of sulfone groups is 1. The minimum absolute atomic E-state index is 0.0330. The first-order chi connectivity index (χ1) is 11.3. The third kappa shape index (κ3) is 2.95. The van der Waals surface area contributed by atoms with Crippen LogP contribution in [0.25, 0.3) is 10.2 Å². The van der Waals surface area contributed by atoms with E-state index >= 15 is 0 Å². The predicted molar refractivity (Wildman–Crippen MR) is 91.9 cm³/mol. The number of rotatable bonds is 3. The summed E-state index contributed by atoms with van der Waals surface area (Å²) in [7, 11) is -3.43. The quantitative estimate of drug-likeness (QED) is 0.761. The Morgan fingerprint density at radius 3 is 2.75 bits per heavy atom. The molecule has 0 aliphatic heterocycles. The second kappa shape index (κ2) is 5.84. The molecule has 1 N–H and O–H groups in total. The number of benzene rings is 1. The molecule has 0 atom stereocenters. The number of thiophene rings is 1. The minimum atomic E-state index is -3.43. The number of amides is 1. The maximum absolute atomic E-state index is 12.4. The third-order valence-corrected chi connectivity index (χ3v) is 5.32. The molecular formula is C15H13N3O4S2. The lowest BCUT2D eigenvalue weighted by atomic mass is 10.2. The lowest BCUT2D eigenvalue weighted by Crippen LogP contribution is -2.35. The second-order valence-electron chi connectivity index (χ2n) is 5.18. The van der Waals surface area contributed by atoms with E-state index in [1.165, 1.54) is 35.6 Å². The SMILES string of the molecule is Cc1nc2sccc2c(=O)n1NC(=O)c1cccc(S(C)(=O)=O)c1. The van der Waals surface area contributed by atoms with Crippen LogP contribution in [-0.2, 0) is 9.84 Å². The highest BCUT2D eigenvalue weighted by Crippen LogP contribution is 2.15. The predicted octanol–water partition coefficient (Wildman–Crippen LogP) is 1.55. The summed E-state index contributed by atoms with van der Waals surface area (Å²) in [6.07, 6.45) is 1.06. The molecule has 24 heavy (non-hydrogen) atoms. The summed E-state index contributed by atoms with van der Waals surface area (Å²) in [4.78, 5) is 29.7. The van der Waals surface area contributed by atoms with Gasteiger partial charge in [0.1, 0.15) is 10.7 Å². The highest BCUT2D eigenvalue weighted by molar-refractivity contribution is 7.90. The first kappa shape index (κ1) is 16.3. The van der Waals surface area contributed by atoms with Crippen LogP contribution in [0.4, 0.5) is 0 Å². The van der Waals surface area contributed by atoms with Crippen molar-refractivity contribution in [2.24, 2.45) is 0 Å². The molecule has 7 nitrogen and oxygen atoms in total. The van der Waals surface area contributed by atoms with Gasteiger partial charge >= 0.3 is 0 Å². The van der Waals surface area contributed by atoms with Crippen molar-refractivity contribution in [3.8, 4) is 0 Å². The Kier molecular flexibility index (Phi) is 3.98. The summed E-state index contributed by atoms with van der Waals surface area (Å²) in [5.41, 5.74) is 2.22. The number of aromatic nitrogens is 2. The fourth-order valence-electron chi connectivity index (χ4n) is 2.18. The number of hydrogen-bond acceptors (Lipinski definition) is 6. The zero-order valence-corrected chi connectivity index (χ0v) is 14.4. The maximum Gasteiger partial charge on any atom is 0.281 e. The number of aryl methyl sites for hydroxylation is 1. The topological polar surface area (TPSA) is 98.1 Å². The molecule has 2 heterocycles. The van der Waals surface area contributed by atoms with Crippen molar-refractivity contribution in [2.45, 2.75) is 11.8 Å². The molecule has 124 valence electrons. The van der Waals surface area contributed by atoms with Gasteiger partial charge in [0.25, 0.3) is 11.5 Å². The molecule has 0 spiro atoms. The van der Waals surface area contributed by atoms with Gasteiger partial charge in [-0.2, -0.15) is 0 Å². The van der Waals surface area contributed by atoms with Crippen molar-refractivity contribution in [2.75, 3.05) is 11.7 Å². The second-order valence-corrected chi connectivity index (χ2v) is 8.09. The Bertz CT molecular complexity index is 1110. The summed E-state index contributed by atoms with van der Waals surface area (Å²) in [5.74, 6) is -0.260. The van der Waals surface area contributed by atoms with Crippen LogP contribution in [0.5, 0.6) is 0 Å². The Hall–Kier alpha value is -2.52. The molecule has 0 aliphatic carbocycles. The first-order valence-electron chi connectivity index (χ1n) is 6.86. The van der Waals surface area contributed by atoms with E-state index in [0.717, 1.165) is 10.9 Å². The molecular weight excluding hydrogens is 350 g/mol. The van der Waals surface area contributed by atoms with Crippen LogP contribution in [0.3, 0.4) is 0 Å². The summed E-state index contributed by atoms with van der Waals surface area (Å²) in [6, 6.07) is 7.26. The van der Waals surface area contributed by atoms with Crippen LogP contribution < -0.4 is 11.0 Å². The average Bonchev–Trinajstić information content (AvgIpc) is 2.99. The van der Waals surface area contributed by atoms with Gasteiger partial charge < -0.3 is 0 Å². The highest BCUT2D eigenvalue weighted by atomic mass is 32.2. The van der Waals surface area contributed by atoms with Crippen molar-refractivity contribution < 1.29 is 13.2 Å². The van der Waals surface area contributed by atoms with Crippen LogP contribution in [0.2, 0.25) is 0 Å². The highest BCUT2D eigenvalue weighted by Gasteiger charge is 2.15. The summed E-state index contributed by atoms with van der Waals surface area (Å²) in [6.45, 7) is 1.60. The lowest BCUT2D eigenvalue weighted by molar-refractivity contribution is 0.101. The number of fused-ring (bicyclic) bond motifs is 1. The Morgan fingerprint density at radius 1 is 1.29 bits per heavy atom. The van der Waals surface area contributed by atoms with E-state index in [1.54, 1.807) is 18.4 Å². The molecule has 9 heteroatoms. The number of nitrogens with zero attached hydrogens (tertiary/aromatic N) is 2. The van der Waals surface area contributed by atoms with Gasteiger partial charge in [0.15, 0.2) is 9.84 Å².